The Balaban J connectivity index is 1.82. The van der Waals surface area contributed by atoms with Gasteiger partial charge in [0, 0.05) is 24.2 Å². The molecule has 0 saturated carbocycles. The summed E-state index contributed by atoms with van der Waals surface area (Å²) in [4.78, 5) is 0. The van der Waals surface area contributed by atoms with E-state index in [4.69, 9.17) is 4.52 Å². The summed E-state index contributed by atoms with van der Waals surface area (Å²) in [5.41, 5.74) is 2.69. The Hall–Kier alpha value is -2.54. The predicted molar refractivity (Wildman–Crippen MR) is 76.6 cm³/mol. The summed E-state index contributed by atoms with van der Waals surface area (Å²) in [7, 11) is 0. The summed E-state index contributed by atoms with van der Waals surface area (Å²) in [5.74, 6) is 0.727. The van der Waals surface area contributed by atoms with Crippen LogP contribution in [-0.4, -0.2) is 31.4 Å². The van der Waals surface area contributed by atoms with Crippen molar-refractivity contribution >= 4 is 0 Å². The second-order valence-electron chi connectivity index (χ2n) is 5.02. The molecule has 2 heterocycles. The van der Waals surface area contributed by atoms with Crippen LogP contribution in [0.25, 0.3) is 17.0 Å². The number of nitrogens with zero attached hydrogens (tertiary/aromatic N) is 5. The van der Waals surface area contributed by atoms with Gasteiger partial charge in [0.2, 0.25) is 0 Å². The van der Waals surface area contributed by atoms with Crippen LogP contribution in [0.15, 0.2) is 41.2 Å². The summed E-state index contributed by atoms with van der Waals surface area (Å²) in [6, 6.07) is 10.1. The smallest absolute Gasteiger partial charge is 0.167 e. The van der Waals surface area contributed by atoms with E-state index in [2.05, 4.69) is 39.8 Å². The molecule has 0 radical (unpaired) electrons. The third-order valence-electron chi connectivity index (χ3n) is 2.99. The standard InChI is InChI=1S/C14H16N6O/c1-10(2)15-8-12-7-14(21-17-12)11-4-3-5-13(6-11)20-9-16-18-19-20/h3-7,9-10,15H,8H2,1-2H3. The molecule has 0 amide bonds. The first-order valence-electron chi connectivity index (χ1n) is 6.75. The maximum absolute atomic E-state index is 5.40. The Morgan fingerprint density at radius 2 is 2.19 bits per heavy atom. The number of benzene rings is 1. The van der Waals surface area contributed by atoms with Crippen molar-refractivity contribution in [2.75, 3.05) is 0 Å². The number of aromatic nitrogens is 5. The molecule has 0 aliphatic rings. The van der Waals surface area contributed by atoms with Gasteiger partial charge in [-0.2, -0.15) is 0 Å². The van der Waals surface area contributed by atoms with Crippen LogP contribution in [0.4, 0.5) is 0 Å². The number of rotatable bonds is 5. The molecule has 0 aliphatic carbocycles. The summed E-state index contributed by atoms with van der Waals surface area (Å²) >= 11 is 0. The summed E-state index contributed by atoms with van der Waals surface area (Å²) in [6.45, 7) is 4.88. The molecule has 0 unspecified atom stereocenters. The zero-order valence-electron chi connectivity index (χ0n) is 11.9. The first kappa shape index (κ1) is 13.4. The lowest BCUT2D eigenvalue weighted by atomic mass is 10.1. The molecule has 108 valence electrons. The van der Waals surface area contributed by atoms with Gasteiger partial charge in [-0.15, -0.1) is 5.10 Å². The van der Waals surface area contributed by atoms with Crippen LogP contribution in [0.1, 0.15) is 19.5 Å². The van der Waals surface area contributed by atoms with Crippen LogP contribution in [0.3, 0.4) is 0 Å². The average molecular weight is 284 g/mol. The molecular formula is C14H16N6O. The Morgan fingerprint density at radius 1 is 1.29 bits per heavy atom. The van der Waals surface area contributed by atoms with Crippen LogP contribution in [0.2, 0.25) is 0 Å². The van der Waals surface area contributed by atoms with Gasteiger partial charge in [-0.1, -0.05) is 31.1 Å². The Kier molecular flexibility index (Phi) is 3.74. The Labute approximate surface area is 122 Å². The third kappa shape index (κ3) is 3.14. The average Bonchev–Trinajstić information content (AvgIpc) is 3.17. The van der Waals surface area contributed by atoms with Crippen LogP contribution < -0.4 is 5.32 Å². The third-order valence-corrected chi connectivity index (χ3v) is 2.99. The van der Waals surface area contributed by atoms with Crippen molar-refractivity contribution in [3.8, 4) is 17.0 Å². The minimum atomic E-state index is 0.410. The van der Waals surface area contributed by atoms with Crippen molar-refractivity contribution in [2.24, 2.45) is 0 Å². The van der Waals surface area contributed by atoms with Gasteiger partial charge >= 0.3 is 0 Å². The molecule has 0 bridgehead atoms. The normalized spacial score (nSPS) is 11.2. The van der Waals surface area contributed by atoms with Gasteiger partial charge in [-0.25, -0.2) is 4.68 Å². The number of nitrogens with one attached hydrogen (secondary N) is 1. The van der Waals surface area contributed by atoms with Gasteiger partial charge in [0.05, 0.1) is 11.4 Å². The largest absolute Gasteiger partial charge is 0.356 e. The van der Waals surface area contributed by atoms with E-state index in [-0.39, 0.29) is 0 Å². The highest BCUT2D eigenvalue weighted by Crippen LogP contribution is 2.22. The molecule has 2 aromatic heterocycles. The van der Waals surface area contributed by atoms with Crippen LogP contribution in [-0.2, 0) is 6.54 Å². The van der Waals surface area contributed by atoms with Crippen LogP contribution in [0, 0.1) is 0 Å². The summed E-state index contributed by atoms with van der Waals surface area (Å²) in [6.07, 6.45) is 1.55. The monoisotopic (exact) mass is 284 g/mol. The van der Waals surface area contributed by atoms with E-state index >= 15 is 0 Å². The van der Waals surface area contributed by atoms with Gasteiger partial charge in [0.1, 0.15) is 6.33 Å². The minimum absolute atomic E-state index is 0.410. The first-order chi connectivity index (χ1) is 10.2. The highest BCUT2D eigenvalue weighted by molar-refractivity contribution is 5.60. The van der Waals surface area contributed by atoms with E-state index in [0.29, 0.717) is 12.6 Å². The molecular weight excluding hydrogens is 268 g/mol. The van der Waals surface area contributed by atoms with E-state index in [1.165, 1.54) is 0 Å². The molecule has 0 saturated heterocycles. The highest BCUT2D eigenvalue weighted by atomic mass is 16.5. The predicted octanol–water partition coefficient (Wildman–Crippen LogP) is 1.82. The molecule has 3 rings (SSSR count). The molecule has 7 nitrogen and oxygen atoms in total. The van der Waals surface area contributed by atoms with Crippen LogP contribution >= 0.6 is 0 Å². The quantitative estimate of drug-likeness (QED) is 0.769. The number of hydrogen-bond donors (Lipinski definition) is 1. The molecule has 0 spiro atoms. The fourth-order valence-corrected chi connectivity index (χ4v) is 1.92. The number of hydrogen-bond acceptors (Lipinski definition) is 6. The molecule has 3 aromatic rings. The van der Waals surface area contributed by atoms with Gasteiger partial charge in [-0.3, -0.25) is 0 Å². The van der Waals surface area contributed by atoms with Gasteiger partial charge in [-0.05, 0) is 22.6 Å². The van der Waals surface area contributed by atoms with Crippen molar-refractivity contribution < 1.29 is 4.52 Å². The summed E-state index contributed by atoms with van der Waals surface area (Å²) in [5, 5.41) is 18.5. The van der Waals surface area contributed by atoms with E-state index in [0.717, 1.165) is 22.7 Å². The zero-order chi connectivity index (χ0) is 14.7. The number of tetrazole rings is 1. The Morgan fingerprint density at radius 3 is 2.95 bits per heavy atom. The van der Waals surface area contributed by atoms with Gasteiger partial charge in [0.25, 0.3) is 0 Å². The summed E-state index contributed by atoms with van der Waals surface area (Å²) < 4.78 is 7.00. The zero-order valence-corrected chi connectivity index (χ0v) is 11.9. The maximum atomic E-state index is 5.40. The Bertz CT molecular complexity index is 704. The van der Waals surface area contributed by atoms with Crippen molar-refractivity contribution in [2.45, 2.75) is 26.4 Å². The van der Waals surface area contributed by atoms with E-state index in [1.807, 2.05) is 30.3 Å². The van der Waals surface area contributed by atoms with Crippen molar-refractivity contribution in [3.63, 3.8) is 0 Å². The van der Waals surface area contributed by atoms with E-state index in [1.54, 1.807) is 11.0 Å². The molecule has 7 heteroatoms. The van der Waals surface area contributed by atoms with Crippen LogP contribution in [0.5, 0.6) is 0 Å². The lowest BCUT2D eigenvalue weighted by molar-refractivity contribution is 0.417. The molecule has 21 heavy (non-hydrogen) atoms. The van der Waals surface area contributed by atoms with E-state index < -0.39 is 0 Å². The molecule has 0 atom stereocenters. The van der Waals surface area contributed by atoms with Crippen molar-refractivity contribution in [1.29, 1.82) is 0 Å². The fourth-order valence-electron chi connectivity index (χ4n) is 1.92. The minimum Gasteiger partial charge on any atom is -0.356 e. The molecule has 0 aliphatic heterocycles. The molecule has 0 fully saturated rings. The highest BCUT2D eigenvalue weighted by Gasteiger charge is 2.08. The lowest BCUT2D eigenvalue weighted by Crippen LogP contribution is -2.21. The second kappa shape index (κ2) is 5.84. The second-order valence-corrected chi connectivity index (χ2v) is 5.02. The molecule has 1 N–H and O–H groups in total. The van der Waals surface area contributed by atoms with E-state index in [9.17, 15) is 0 Å². The maximum Gasteiger partial charge on any atom is 0.167 e. The van der Waals surface area contributed by atoms with Gasteiger partial charge in [0.15, 0.2) is 5.76 Å². The SMILES string of the molecule is CC(C)NCc1cc(-c2cccc(-n3cnnn3)c2)on1. The lowest BCUT2D eigenvalue weighted by Gasteiger charge is -2.03. The fraction of sp³-hybridized carbons (Fsp3) is 0.286. The van der Waals surface area contributed by atoms with Crippen molar-refractivity contribution in [3.05, 3.63) is 42.4 Å². The van der Waals surface area contributed by atoms with Gasteiger partial charge < -0.3 is 9.84 Å². The first-order valence-corrected chi connectivity index (χ1v) is 6.75. The molecule has 1 aromatic carbocycles. The topological polar surface area (TPSA) is 81.7 Å². The van der Waals surface area contributed by atoms with Crippen molar-refractivity contribution in [1.82, 2.24) is 30.7 Å².